The Balaban J connectivity index is 1.17. The Morgan fingerprint density at radius 1 is 1.03 bits per heavy atom. The molecule has 2 aliphatic rings. The SMILES string of the molecule is Nc1c(-c2nc3ccccc3[nH]c2=O)[nH]c2ccc(C(=O)N3CCN(CCC4CCOCC4)CC3)cc12. The lowest BCUT2D eigenvalue weighted by Crippen LogP contribution is -2.49. The van der Waals surface area contributed by atoms with Crippen molar-refractivity contribution >= 4 is 33.5 Å². The first-order valence-electron chi connectivity index (χ1n) is 13.1. The fourth-order valence-electron chi connectivity index (χ4n) is 5.49. The number of amides is 1. The predicted molar refractivity (Wildman–Crippen MR) is 145 cm³/mol. The second kappa shape index (κ2) is 9.99. The van der Waals surface area contributed by atoms with Crippen molar-refractivity contribution in [3.05, 3.63) is 58.4 Å². The molecule has 2 saturated heterocycles. The molecule has 6 rings (SSSR count). The van der Waals surface area contributed by atoms with Crippen LogP contribution < -0.4 is 11.3 Å². The van der Waals surface area contributed by atoms with Crippen molar-refractivity contribution in [2.45, 2.75) is 19.3 Å². The summed E-state index contributed by atoms with van der Waals surface area (Å²) >= 11 is 0. The highest BCUT2D eigenvalue weighted by atomic mass is 16.5. The van der Waals surface area contributed by atoms with Crippen LogP contribution in [0.1, 0.15) is 29.6 Å². The van der Waals surface area contributed by atoms with Crippen molar-refractivity contribution in [1.29, 1.82) is 0 Å². The molecule has 9 heteroatoms. The molecule has 2 aromatic heterocycles. The number of benzene rings is 2. The van der Waals surface area contributed by atoms with Gasteiger partial charge in [0, 0.05) is 55.9 Å². The lowest BCUT2D eigenvalue weighted by Gasteiger charge is -2.35. The van der Waals surface area contributed by atoms with Gasteiger partial charge in [0.2, 0.25) is 0 Å². The first-order valence-corrected chi connectivity index (χ1v) is 13.1. The molecule has 1 amide bonds. The lowest BCUT2D eigenvalue weighted by atomic mass is 9.96. The van der Waals surface area contributed by atoms with Crippen LogP contribution in [0.4, 0.5) is 5.69 Å². The zero-order valence-corrected chi connectivity index (χ0v) is 20.8. The standard InChI is InChI=1S/C28H32N6O3/c29-24-20-17-19(28(36)34-13-11-33(12-14-34)10-7-18-8-15-37-16-9-18)5-6-21(20)30-25(24)26-27(35)32-23-4-2-1-3-22(23)31-26/h1-6,17-18,30H,7-16,29H2,(H,32,35). The third kappa shape index (κ3) is 4.72. The fraction of sp³-hybridized carbons (Fsp3) is 0.393. The Bertz CT molecular complexity index is 1500. The highest BCUT2D eigenvalue weighted by Crippen LogP contribution is 2.32. The summed E-state index contributed by atoms with van der Waals surface area (Å²) in [4.78, 5) is 41.1. The second-order valence-electron chi connectivity index (χ2n) is 10.1. The zero-order valence-electron chi connectivity index (χ0n) is 20.8. The average molecular weight is 501 g/mol. The molecule has 0 saturated carbocycles. The number of carbonyl (C=O) groups excluding carboxylic acids is 1. The van der Waals surface area contributed by atoms with Gasteiger partial charge in [-0.25, -0.2) is 4.98 Å². The van der Waals surface area contributed by atoms with Crippen LogP contribution in [0.15, 0.2) is 47.3 Å². The molecule has 0 bridgehead atoms. The molecule has 192 valence electrons. The molecule has 4 heterocycles. The lowest BCUT2D eigenvalue weighted by molar-refractivity contribution is 0.0517. The molecule has 0 atom stereocenters. The van der Waals surface area contributed by atoms with Crippen LogP contribution in [0.5, 0.6) is 0 Å². The van der Waals surface area contributed by atoms with Crippen LogP contribution in [-0.2, 0) is 4.74 Å². The van der Waals surface area contributed by atoms with Gasteiger partial charge in [-0.2, -0.15) is 0 Å². The Morgan fingerprint density at radius 3 is 2.62 bits per heavy atom. The van der Waals surface area contributed by atoms with Gasteiger partial charge >= 0.3 is 0 Å². The number of aromatic nitrogens is 3. The van der Waals surface area contributed by atoms with E-state index in [1.165, 1.54) is 6.42 Å². The number of rotatable bonds is 5. The predicted octanol–water partition coefficient (Wildman–Crippen LogP) is 3.23. The number of H-pyrrole nitrogens is 2. The summed E-state index contributed by atoms with van der Waals surface area (Å²) < 4.78 is 5.47. The minimum absolute atomic E-state index is 0.00908. The van der Waals surface area contributed by atoms with E-state index in [4.69, 9.17) is 10.5 Å². The van der Waals surface area contributed by atoms with Gasteiger partial charge in [-0.05, 0) is 62.1 Å². The Hall–Kier alpha value is -3.69. The Labute approximate surface area is 214 Å². The number of hydrogen-bond donors (Lipinski definition) is 3. The van der Waals surface area contributed by atoms with E-state index in [0.29, 0.717) is 33.4 Å². The van der Waals surface area contributed by atoms with Crippen molar-refractivity contribution in [2.24, 2.45) is 5.92 Å². The molecule has 2 fully saturated rings. The molecular formula is C28H32N6O3. The maximum atomic E-state index is 13.3. The van der Waals surface area contributed by atoms with Gasteiger partial charge in [0.25, 0.3) is 11.5 Å². The molecule has 0 unspecified atom stereocenters. The van der Waals surface area contributed by atoms with E-state index in [1.807, 2.05) is 47.4 Å². The van der Waals surface area contributed by atoms with Crippen molar-refractivity contribution in [3.8, 4) is 11.4 Å². The van der Waals surface area contributed by atoms with Crippen LogP contribution in [-0.4, -0.2) is 76.6 Å². The second-order valence-corrected chi connectivity index (χ2v) is 10.1. The molecule has 0 spiro atoms. The summed E-state index contributed by atoms with van der Waals surface area (Å²) in [5.74, 6) is 0.770. The summed E-state index contributed by atoms with van der Waals surface area (Å²) in [5, 5.41) is 0.713. The number of carbonyl (C=O) groups is 1. The first-order chi connectivity index (χ1) is 18.1. The molecule has 2 aliphatic heterocycles. The number of nitrogens with zero attached hydrogens (tertiary/aromatic N) is 3. The van der Waals surface area contributed by atoms with Crippen molar-refractivity contribution < 1.29 is 9.53 Å². The molecule has 4 aromatic rings. The molecule has 4 N–H and O–H groups in total. The number of nitrogen functional groups attached to an aromatic ring is 1. The maximum absolute atomic E-state index is 13.3. The number of nitrogens with one attached hydrogen (secondary N) is 2. The maximum Gasteiger partial charge on any atom is 0.276 e. The zero-order chi connectivity index (χ0) is 25.4. The number of fused-ring (bicyclic) bond motifs is 2. The third-order valence-electron chi connectivity index (χ3n) is 7.78. The molecule has 9 nitrogen and oxygen atoms in total. The summed E-state index contributed by atoms with van der Waals surface area (Å²) in [5.41, 5.74) is 9.98. The number of piperazine rings is 1. The van der Waals surface area contributed by atoms with Gasteiger partial charge in [0.15, 0.2) is 5.69 Å². The van der Waals surface area contributed by atoms with Crippen LogP contribution in [0.3, 0.4) is 0 Å². The summed E-state index contributed by atoms with van der Waals surface area (Å²) in [6, 6.07) is 12.9. The van der Waals surface area contributed by atoms with E-state index < -0.39 is 0 Å². The van der Waals surface area contributed by atoms with Crippen LogP contribution in [0, 0.1) is 5.92 Å². The van der Waals surface area contributed by atoms with E-state index in [2.05, 4.69) is 19.9 Å². The number of para-hydroxylation sites is 2. The van der Waals surface area contributed by atoms with Crippen LogP contribution >= 0.6 is 0 Å². The Kier molecular flexibility index (Phi) is 6.40. The van der Waals surface area contributed by atoms with Crippen LogP contribution in [0.25, 0.3) is 33.3 Å². The third-order valence-corrected chi connectivity index (χ3v) is 7.78. The quantitative estimate of drug-likeness (QED) is 0.387. The van der Waals surface area contributed by atoms with Gasteiger partial charge in [0.05, 0.1) is 22.4 Å². The number of ether oxygens (including phenoxy) is 1. The minimum Gasteiger partial charge on any atom is -0.396 e. The summed E-state index contributed by atoms with van der Waals surface area (Å²) in [7, 11) is 0. The van der Waals surface area contributed by atoms with Crippen molar-refractivity contribution in [3.63, 3.8) is 0 Å². The van der Waals surface area contributed by atoms with Crippen molar-refractivity contribution in [1.82, 2.24) is 24.8 Å². The van der Waals surface area contributed by atoms with Gasteiger partial charge in [-0.15, -0.1) is 0 Å². The van der Waals surface area contributed by atoms with Crippen LogP contribution in [0.2, 0.25) is 0 Å². The Morgan fingerprint density at radius 2 is 1.81 bits per heavy atom. The molecule has 0 aliphatic carbocycles. The highest BCUT2D eigenvalue weighted by Gasteiger charge is 2.24. The topological polar surface area (TPSA) is 120 Å². The normalized spacial score (nSPS) is 17.6. The summed E-state index contributed by atoms with van der Waals surface area (Å²) in [6.07, 6.45) is 3.53. The van der Waals surface area contributed by atoms with Gasteiger partial charge < -0.3 is 25.3 Å². The van der Waals surface area contributed by atoms with Crippen molar-refractivity contribution in [2.75, 3.05) is 51.7 Å². The highest BCUT2D eigenvalue weighted by molar-refractivity contribution is 6.04. The molecule has 0 radical (unpaired) electrons. The first kappa shape index (κ1) is 23.7. The van der Waals surface area contributed by atoms with Gasteiger partial charge in [-0.1, -0.05) is 12.1 Å². The number of aromatic amines is 2. The van der Waals surface area contributed by atoms with Gasteiger partial charge in [0.1, 0.15) is 0 Å². The monoisotopic (exact) mass is 500 g/mol. The molecule has 37 heavy (non-hydrogen) atoms. The minimum atomic E-state index is -0.317. The van der Waals surface area contributed by atoms with E-state index in [0.717, 1.165) is 70.2 Å². The number of hydrogen-bond acceptors (Lipinski definition) is 6. The number of nitrogens with two attached hydrogens (primary N) is 1. The largest absolute Gasteiger partial charge is 0.396 e. The van der Waals surface area contributed by atoms with E-state index in [-0.39, 0.29) is 17.2 Å². The van der Waals surface area contributed by atoms with Gasteiger partial charge in [-0.3, -0.25) is 14.5 Å². The summed E-state index contributed by atoms with van der Waals surface area (Å²) in [6.45, 7) is 6.08. The van der Waals surface area contributed by atoms with E-state index >= 15 is 0 Å². The van der Waals surface area contributed by atoms with E-state index in [1.54, 1.807) is 0 Å². The molecular weight excluding hydrogens is 468 g/mol. The number of anilines is 1. The fourth-order valence-corrected chi connectivity index (χ4v) is 5.49. The smallest absolute Gasteiger partial charge is 0.276 e. The van der Waals surface area contributed by atoms with E-state index in [9.17, 15) is 9.59 Å². The molecule has 2 aromatic carbocycles. The average Bonchev–Trinajstić information content (AvgIpc) is 3.27.